The zero-order chi connectivity index (χ0) is 37.6. The van der Waals surface area contributed by atoms with E-state index in [9.17, 15) is 19.5 Å². The molecule has 0 radical (unpaired) electrons. The van der Waals surface area contributed by atoms with Gasteiger partial charge in [-0.05, 0) is 91.1 Å². The normalized spacial score (nSPS) is 26.0. The number of imide groups is 2. The third-order valence-electron chi connectivity index (χ3n) is 12.0. The Labute approximate surface area is 319 Å². The number of aliphatic hydroxyl groups excluding tert-OH is 1. The molecule has 2 aliphatic carbocycles. The molecular formula is C44H32ClN3O7. The Morgan fingerprint density at radius 1 is 0.764 bits per heavy atom. The van der Waals surface area contributed by atoms with E-state index in [1.54, 1.807) is 60.7 Å². The zero-order valence-electron chi connectivity index (χ0n) is 29.2. The number of furan rings is 1. The first-order valence-corrected chi connectivity index (χ1v) is 18.6. The first-order valence-electron chi connectivity index (χ1n) is 18.2. The second kappa shape index (κ2) is 12.5. The summed E-state index contributed by atoms with van der Waals surface area (Å²) < 4.78 is 12.2. The maximum absolute atomic E-state index is 15.3. The summed E-state index contributed by atoms with van der Waals surface area (Å²) in [7, 11) is 0. The quantitative estimate of drug-likeness (QED) is 0.136. The van der Waals surface area contributed by atoms with Crippen LogP contribution < -0.4 is 9.80 Å². The summed E-state index contributed by atoms with van der Waals surface area (Å²) in [5.74, 6) is -4.16. The lowest BCUT2D eigenvalue weighted by atomic mass is 9.50. The first kappa shape index (κ1) is 33.5. The van der Waals surface area contributed by atoms with Crippen molar-refractivity contribution in [2.75, 3.05) is 9.80 Å². The molecule has 3 fully saturated rings. The predicted molar refractivity (Wildman–Crippen MR) is 203 cm³/mol. The number of allylic oxidation sites excluding steroid dienone is 2. The largest absolute Gasteiger partial charge is 0.463 e. The molecule has 272 valence electrons. The first-order chi connectivity index (χ1) is 26.8. The van der Waals surface area contributed by atoms with Gasteiger partial charge in [-0.15, -0.1) is 0 Å². The van der Waals surface area contributed by atoms with Gasteiger partial charge in [-0.25, -0.2) is 9.88 Å². The highest BCUT2D eigenvalue weighted by Crippen LogP contribution is 2.64. The van der Waals surface area contributed by atoms with Gasteiger partial charge in [0.1, 0.15) is 29.1 Å². The van der Waals surface area contributed by atoms with Gasteiger partial charge < -0.3 is 13.9 Å². The van der Waals surface area contributed by atoms with Crippen molar-refractivity contribution in [2.24, 2.45) is 23.7 Å². The van der Waals surface area contributed by atoms with Gasteiger partial charge in [0, 0.05) is 10.6 Å². The van der Waals surface area contributed by atoms with Crippen LogP contribution >= 0.6 is 11.6 Å². The second-order valence-corrected chi connectivity index (χ2v) is 15.0. The van der Waals surface area contributed by atoms with Crippen molar-refractivity contribution in [1.82, 2.24) is 4.98 Å². The number of oxazole rings is 1. The molecule has 6 aromatic rings. The number of aliphatic hydroxyl groups is 1. The van der Waals surface area contributed by atoms with E-state index >= 15 is 4.79 Å². The summed E-state index contributed by atoms with van der Waals surface area (Å²) in [5.41, 5.74) is 2.77. The predicted octanol–water partition coefficient (Wildman–Crippen LogP) is 7.60. The third-order valence-corrected chi connectivity index (χ3v) is 12.2. The maximum atomic E-state index is 15.3. The van der Waals surface area contributed by atoms with Gasteiger partial charge in [-0.2, -0.15) is 0 Å². The Morgan fingerprint density at radius 3 is 2.29 bits per heavy atom. The summed E-state index contributed by atoms with van der Waals surface area (Å²) in [4.78, 5) is 66.2. The molecule has 4 aromatic carbocycles. The number of benzene rings is 4. The number of para-hydroxylation sites is 2. The van der Waals surface area contributed by atoms with Crippen LogP contribution in [0.2, 0.25) is 5.02 Å². The number of fused-ring (bicyclic) bond motifs is 5. The minimum absolute atomic E-state index is 0.150. The van der Waals surface area contributed by atoms with Crippen LogP contribution in [0.1, 0.15) is 35.8 Å². The van der Waals surface area contributed by atoms with Crippen LogP contribution in [0, 0.1) is 23.7 Å². The Kier molecular flexibility index (Phi) is 7.59. The van der Waals surface area contributed by atoms with E-state index in [1.165, 1.54) is 9.80 Å². The molecule has 1 N–H and O–H groups in total. The average molecular weight is 750 g/mol. The summed E-state index contributed by atoms with van der Waals surface area (Å²) in [6.45, 7) is -0.365. The molecule has 0 bridgehead atoms. The van der Waals surface area contributed by atoms with Gasteiger partial charge >= 0.3 is 0 Å². The fourth-order valence-electron chi connectivity index (χ4n) is 9.69. The molecular weight excluding hydrogens is 718 g/mol. The molecule has 2 saturated heterocycles. The number of carbonyl (C=O) groups excluding carboxylic acids is 4. The fraction of sp³-hybridized carbons (Fsp3) is 0.205. The molecule has 4 heterocycles. The summed E-state index contributed by atoms with van der Waals surface area (Å²) in [6.07, 6.45) is 2.39. The fourth-order valence-corrected chi connectivity index (χ4v) is 9.87. The highest BCUT2D eigenvalue weighted by atomic mass is 35.5. The SMILES string of the molecule is O=C1[C@H]2[C@H](CC=C3[C@H]2C[C@H]2C(=O)N(c4cccc(Cl)c4)C(=O)[C@@]2(c2ccccc2)[C@H]3c2ccc(CO)o2)C(=O)N1c1ccc(-c2nc3ccccc3o2)cc1. The minimum Gasteiger partial charge on any atom is -0.463 e. The number of hydrogen-bond acceptors (Lipinski definition) is 8. The zero-order valence-corrected chi connectivity index (χ0v) is 29.9. The van der Waals surface area contributed by atoms with Gasteiger partial charge in [0.05, 0.1) is 35.0 Å². The molecule has 1 saturated carbocycles. The number of amides is 4. The van der Waals surface area contributed by atoms with E-state index in [4.69, 9.17) is 20.4 Å². The Balaban J connectivity index is 1.08. The molecule has 0 unspecified atom stereocenters. The number of aromatic nitrogens is 1. The number of hydrogen-bond donors (Lipinski definition) is 1. The van der Waals surface area contributed by atoms with Crippen molar-refractivity contribution in [1.29, 1.82) is 0 Å². The maximum Gasteiger partial charge on any atom is 0.246 e. The Hall–Kier alpha value is -6.10. The lowest BCUT2D eigenvalue weighted by Crippen LogP contribution is -2.53. The number of nitrogens with zero attached hydrogens (tertiary/aromatic N) is 3. The van der Waals surface area contributed by atoms with E-state index in [1.807, 2.05) is 60.7 Å². The van der Waals surface area contributed by atoms with Crippen molar-refractivity contribution >= 4 is 57.7 Å². The van der Waals surface area contributed by atoms with Gasteiger partial charge in [-0.1, -0.05) is 71.8 Å². The Morgan fingerprint density at radius 2 is 1.55 bits per heavy atom. The summed E-state index contributed by atoms with van der Waals surface area (Å²) >= 11 is 6.40. The summed E-state index contributed by atoms with van der Waals surface area (Å²) in [6, 6.07) is 33.7. The Bertz CT molecular complexity index is 2560. The van der Waals surface area contributed by atoms with Crippen molar-refractivity contribution in [2.45, 2.75) is 30.8 Å². The molecule has 55 heavy (non-hydrogen) atoms. The van der Waals surface area contributed by atoms with Crippen LogP contribution in [0.25, 0.3) is 22.6 Å². The molecule has 6 atom stereocenters. The number of rotatable bonds is 6. The van der Waals surface area contributed by atoms with Gasteiger partial charge in [0.2, 0.25) is 29.5 Å². The van der Waals surface area contributed by atoms with Gasteiger partial charge in [0.25, 0.3) is 0 Å². The lowest BCUT2D eigenvalue weighted by molar-refractivity contribution is -0.127. The van der Waals surface area contributed by atoms with Gasteiger partial charge in [0.15, 0.2) is 5.58 Å². The van der Waals surface area contributed by atoms with E-state index in [0.717, 1.165) is 11.1 Å². The van der Waals surface area contributed by atoms with Crippen LogP contribution in [-0.2, 0) is 31.2 Å². The topological polar surface area (TPSA) is 134 Å². The number of anilines is 2. The van der Waals surface area contributed by atoms with Crippen molar-refractivity contribution in [3.63, 3.8) is 0 Å². The van der Waals surface area contributed by atoms with Crippen molar-refractivity contribution in [3.8, 4) is 11.5 Å². The van der Waals surface area contributed by atoms with E-state index < -0.39 is 46.8 Å². The standard InChI is InChI=1S/C44H32ClN3O7/c45-26-9-6-10-28(21-26)48-41(51)33-22-32-30(38(36-20-17-29(23-49)54-36)44(33,43(48)53)25-7-2-1-3-8-25)18-19-31-37(32)42(52)47(40(31)50)27-15-13-24(14-16-27)39-46-34-11-4-5-12-35(34)55-39/h1-18,20-21,31-33,37-38,49H,19,22-23H2/t31-,32+,33-,37-,38+,44+/m0/s1. The van der Waals surface area contributed by atoms with Crippen molar-refractivity contribution < 1.29 is 33.1 Å². The molecule has 10 rings (SSSR count). The van der Waals surface area contributed by atoms with Crippen LogP contribution in [0.4, 0.5) is 11.4 Å². The molecule has 11 heteroatoms. The smallest absolute Gasteiger partial charge is 0.246 e. The summed E-state index contributed by atoms with van der Waals surface area (Å²) in [5, 5.41) is 10.4. The molecule has 0 spiro atoms. The van der Waals surface area contributed by atoms with E-state index in [0.29, 0.717) is 50.5 Å². The van der Waals surface area contributed by atoms with Gasteiger partial charge in [-0.3, -0.25) is 24.1 Å². The molecule has 10 nitrogen and oxygen atoms in total. The van der Waals surface area contributed by atoms with Crippen LogP contribution in [0.15, 0.2) is 136 Å². The van der Waals surface area contributed by atoms with E-state index in [2.05, 4.69) is 4.98 Å². The lowest BCUT2D eigenvalue weighted by Gasteiger charge is -2.49. The third kappa shape index (κ3) is 4.81. The number of halogens is 1. The molecule has 4 amide bonds. The van der Waals surface area contributed by atoms with Crippen LogP contribution in [0.3, 0.4) is 0 Å². The highest BCUT2D eigenvalue weighted by Gasteiger charge is 2.71. The monoisotopic (exact) mass is 749 g/mol. The average Bonchev–Trinajstić information content (AvgIpc) is 3.97. The molecule has 2 aliphatic heterocycles. The number of carbonyl (C=O) groups is 4. The molecule has 2 aromatic heterocycles. The second-order valence-electron chi connectivity index (χ2n) is 14.6. The minimum atomic E-state index is -1.47. The van der Waals surface area contributed by atoms with Crippen LogP contribution in [-0.4, -0.2) is 33.7 Å². The highest BCUT2D eigenvalue weighted by molar-refractivity contribution is 6.32. The van der Waals surface area contributed by atoms with Crippen LogP contribution in [0.5, 0.6) is 0 Å². The molecule has 4 aliphatic rings. The van der Waals surface area contributed by atoms with E-state index in [-0.39, 0.29) is 31.3 Å². The van der Waals surface area contributed by atoms with Crippen molar-refractivity contribution in [3.05, 3.63) is 149 Å².